The van der Waals surface area contributed by atoms with E-state index in [9.17, 15) is 0 Å². The minimum absolute atomic E-state index is 0.656. The normalized spacial score (nSPS) is 9.73. The van der Waals surface area contributed by atoms with Crippen LogP contribution in [0.15, 0.2) is 12.3 Å². The van der Waals surface area contributed by atoms with E-state index in [0.717, 1.165) is 17.0 Å². The number of ether oxygens (including phenoxy) is 1. The first kappa shape index (κ1) is 8.40. The third-order valence-electron chi connectivity index (χ3n) is 1.63. The predicted octanol–water partition coefficient (Wildman–Crippen LogP) is 1.83. The van der Waals surface area contributed by atoms with Crippen molar-refractivity contribution in [2.45, 2.75) is 12.7 Å². The molecule has 0 bridgehead atoms. The molecule has 2 nitrogen and oxygen atoms in total. The van der Waals surface area contributed by atoms with Crippen LogP contribution in [-0.4, -0.2) is 12.1 Å². The van der Waals surface area contributed by atoms with E-state index < -0.39 is 0 Å². The van der Waals surface area contributed by atoms with Gasteiger partial charge in [-0.25, -0.2) is 0 Å². The number of hydrogen-bond acceptors (Lipinski definition) is 3. The Labute approximate surface area is 72.0 Å². The molecule has 1 heterocycles. The number of nitrogens with zero attached hydrogens (tertiary/aromatic N) is 1. The molecule has 1 aromatic rings. The fourth-order valence-corrected chi connectivity index (χ4v) is 1.26. The second-order valence-electron chi connectivity index (χ2n) is 2.24. The maximum Gasteiger partial charge on any atom is 0.125 e. The summed E-state index contributed by atoms with van der Waals surface area (Å²) in [5.74, 6) is 1.53. The number of hydrogen-bond donors (Lipinski definition) is 1. The lowest BCUT2D eigenvalue weighted by Crippen LogP contribution is -1.94. The van der Waals surface area contributed by atoms with Crippen molar-refractivity contribution in [3.05, 3.63) is 23.5 Å². The van der Waals surface area contributed by atoms with E-state index in [0.29, 0.717) is 5.75 Å². The van der Waals surface area contributed by atoms with E-state index >= 15 is 0 Å². The lowest BCUT2D eigenvalue weighted by molar-refractivity contribution is 0.410. The van der Waals surface area contributed by atoms with Gasteiger partial charge in [-0.1, -0.05) is 0 Å². The highest BCUT2D eigenvalue weighted by Gasteiger charge is 2.02. The minimum Gasteiger partial charge on any atom is -0.496 e. The second-order valence-corrected chi connectivity index (χ2v) is 2.56. The molecule has 0 amide bonds. The topological polar surface area (TPSA) is 22.1 Å². The quantitative estimate of drug-likeness (QED) is 0.682. The third-order valence-corrected chi connectivity index (χ3v) is 1.93. The second kappa shape index (κ2) is 3.62. The van der Waals surface area contributed by atoms with Crippen LogP contribution in [0.4, 0.5) is 0 Å². The Hall–Kier alpha value is -0.700. The molecule has 0 saturated heterocycles. The van der Waals surface area contributed by atoms with Gasteiger partial charge in [0.05, 0.1) is 12.8 Å². The summed E-state index contributed by atoms with van der Waals surface area (Å²) in [4.78, 5) is 4.15. The molecule has 0 saturated carbocycles. The third kappa shape index (κ3) is 1.66. The van der Waals surface area contributed by atoms with Gasteiger partial charge in [0, 0.05) is 17.5 Å². The summed E-state index contributed by atoms with van der Waals surface area (Å²) in [5, 5.41) is 0. The van der Waals surface area contributed by atoms with Gasteiger partial charge in [0.15, 0.2) is 0 Å². The van der Waals surface area contributed by atoms with E-state index in [2.05, 4.69) is 17.6 Å². The highest BCUT2D eigenvalue weighted by Crippen LogP contribution is 2.19. The van der Waals surface area contributed by atoms with Crippen LogP contribution in [0.25, 0.3) is 0 Å². The molecule has 0 unspecified atom stereocenters. The van der Waals surface area contributed by atoms with Crippen molar-refractivity contribution in [1.29, 1.82) is 0 Å². The predicted molar refractivity (Wildman–Crippen MR) is 48.2 cm³/mol. The molecule has 0 radical (unpaired) electrons. The van der Waals surface area contributed by atoms with Crippen LogP contribution in [0.5, 0.6) is 5.75 Å². The zero-order valence-electron chi connectivity index (χ0n) is 6.66. The summed E-state index contributed by atoms with van der Waals surface area (Å²) in [6.45, 7) is 1.98. The van der Waals surface area contributed by atoms with Gasteiger partial charge >= 0.3 is 0 Å². The Morgan fingerprint density at radius 1 is 1.64 bits per heavy atom. The van der Waals surface area contributed by atoms with Crippen LogP contribution in [-0.2, 0) is 5.75 Å². The summed E-state index contributed by atoms with van der Waals surface area (Å²) < 4.78 is 5.11. The lowest BCUT2D eigenvalue weighted by Gasteiger charge is -2.06. The number of pyridine rings is 1. The molecule has 0 atom stereocenters. The molecule has 0 N–H and O–H groups in total. The molecule has 1 aromatic heterocycles. The van der Waals surface area contributed by atoms with Crippen molar-refractivity contribution in [3.8, 4) is 5.75 Å². The molecule has 3 heteroatoms. The highest BCUT2D eigenvalue weighted by atomic mass is 32.1. The number of methoxy groups -OCH3 is 1. The first-order valence-electron chi connectivity index (χ1n) is 3.39. The zero-order valence-corrected chi connectivity index (χ0v) is 7.56. The number of aromatic nitrogens is 1. The van der Waals surface area contributed by atoms with Crippen molar-refractivity contribution in [2.75, 3.05) is 7.11 Å². The Kier molecular flexibility index (Phi) is 2.76. The van der Waals surface area contributed by atoms with Gasteiger partial charge in [-0.3, -0.25) is 4.98 Å². The SMILES string of the molecule is COc1ccnc(CS)c1C. The molecule has 0 aliphatic carbocycles. The summed E-state index contributed by atoms with van der Waals surface area (Å²) in [5.41, 5.74) is 2.05. The van der Waals surface area contributed by atoms with Gasteiger partial charge in [0.1, 0.15) is 5.75 Å². The van der Waals surface area contributed by atoms with E-state index in [4.69, 9.17) is 4.74 Å². The Balaban J connectivity index is 3.10. The average molecular weight is 169 g/mol. The Morgan fingerprint density at radius 2 is 2.36 bits per heavy atom. The fourth-order valence-electron chi connectivity index (χ4n) is 0.940. The first-order valence-corrected chi connectivity index (χ1v) is 4.02. The largest absolute Gasteiger partial charge is 0.496 e. The molecular formula is C8H11NOS. The molecule has 11 heavy (non-hydrogen) atoms. The zero-order chi connectivity index (χ0) is 8.27. The van der Waals surface area contributed by atoms with Gasteiger partial charge in [-0.05, 0) is 13.0 Å². The molecule has 0 aliphatic heterocycles. The summed E-state index contributed by atoms with van der Waals surface area (Å²) in [6, 6.07) is 1.85. The van der Waals surface area contributed by atoms with Gasteiger partial charge < -0.3 is 4.74 Å². The van der Waals surface area contributed by atoms with Crippen molar-refractivity contribution in [3.63, 3.8) is 0 Å². The van der Waals surface area contributed by atoms with E-state index in [-0.39, 0.29) is 0 Å². The van der Waals surface area contributed by atoms with Crippen molar-refractivity contribution >= 4 is 12.6 Å². The monoisotopic (exact) mass is 169 g/mol. The van der Waals surface area contributed by atoms with Crippen molar-refractivity contribution in [1.82, 2.24) is 4.98 Å². The van der Waals surface area contributed by atoms with Crippen molar-refractivity contribution < 1.29 is 4.74 Å². The molecule has 1 rings (SSSR count). The van der Waals surface area contributed by atoms with E-state index in [1.807, 2.05) is 13.0 Å². The molecule has 0 aliphatic rings. The minimum atomic E-state index is 0.656. The Morgan fingerprint density at radius 3 is 2.91 bits per heavy atom. The van der Waals surface area contributed by atoms with Crippen LogP contribution in [0.1, 0.15) is 11.3 Å². The smallest absolute Gasteiger partial charge is 0.125 e. The summed E-state index contributed by atoms with van der Waals surface area (Å²) >= 11 is 4.15. The summed E-state index contributed by atoms with van der Waals surface area (Å²) in [6.07, 6.45) is 1.73. The average Bonchev–Trinajstić information content (AvgIpc) is 2.05. The van der Waals surface area contributed by atoms with E-state index in [1.54, 1.807) is 13.3 Å². The van der Waals surface area contributed by atoms with Crippen LogP contribution in [0.3, 0.4) is 0 Å². The van der Waals surface area contributed by atoms with E-state index in [1.165, 1.54) is 0 Å². The van der Waals surface area contributed by atoms with Crippen LogP contribution < -0.4 is 4.74 Å². The van der Waals surface area contributed by atoms with Crippen LogP contribution in [0, 0.1) is 6.92 Å². The maximum atomic E-state index is 5.11. The van der Waals surface area contributed by atoms with Gasteiger partial charge in [-0.15, -0.1) is 0 Å². The Bertz CT molecular complexity index is 228. The number of rotatable bonds is 2. The summed E-state index contributed by atoms with van der Waals surface area (Å²) in [7, 11) is 1.66. The molecule has 0 spiro atoms. The fraction of sp³-hybridized carbons (Fsp3) is 0.375. The molecule has 0 aromatic carbocycles. The first-order chi connectivity index (χ1) is 5.29. The van der Waals surface area contributed by atoms with Gasteiger partial charge in [0.2, 0.25) is 0 Å². The molecule has 60 valence electrons. The standard InChI is InChI=1S/C8H11NOS/c1-6-7(5-11)9-4-3-8(6)10-2/h3-4,11H,5H2,1-2H3. The van der Waals surface area contributed by atoms with Gasteiger partial charge in [0.25, 0.3) is 0 Å². The maximum absolute atomic E-state index is 5.11. The number of thiol groups is 1. The molecular weight excluding hydrogens is 158 g/mol. The van der Waals surface area contributed by atoms with Crippen LogP contribution >= 0.6 is 12.6 Å². The molecule has 0 fully saturated rings. The van der Waals surface area contributed by atoms with Crippen LogP contribution in [0.2, 0.25) is 0 Å². The lowest BCUT2D eigenvalue weighted by atomic mass is 10.2. The van der Waals surface area contributed by atoms with Crippen molar-refractivity contribution in [2.24, 2.45) is 0 Å². The van der Waals surface area contributed by atoms with Gasteiger partial charge in [-0.2, -0.15) is 12.6 Å². The highest BCUT2D eigenvalue weighted by molar-refractivity contribution is 7.79.